The number of carbonyl (C=O) groups is 2. The highest BCUT2D eigenvalue weighted by atomic mass is 16.1. The molecule has 3 saturated carbocycles. The van der Waals surface area contributed by atoms with Crippen LogP contribution in [0.15, 0.2) is 23.3 Å². The van der Waals surface area contributed by atoms with Gasteiger partial charge < -0.3 is 0 Å². The summed E-state index contributed by atoms with van der Waals surface area (Å²) in [6, 6.07) is 0. The summed E-state index contributed by atoms with van der Waals surface area (Å²) in [5.74, 6) is 2.98. The van der Waals surface area contributed by atoms with Crippen molar-refractivity contribution in [2.24, 2.45) is 34.5 Å². The van der Waals surface area contributed by atoms with Gasteiger partial charge in [-0.1, -0.05) is 46.3 Å². The van der Waals surface area contributed by atoms with Crippen molar-refractivity contribution in [3.05, 3.63) is 23.3 Å². The third-order valence-corrected chi connectivity index (χ3v) is 9.06. The van der Waals surface area contributed by atoms with Crippen LogP contribution in [-0.2, 0) is 9.59 Å². The Kier molecular flexibility index (Phi) is 4.13. The number of Topliss-reactive ketones (excluding diaryl/α,β-unsaturated/α-hetero) is 2. The van der Waals surface area contributed by atoms with Gasteiger partial charge in [0, 0.05) is 18.3 Å². The molecule has 0 heterocycles. The number of rotatable bonds is 2. The monoisotopic (exact) mass is 354 g/mol. The van der Waals surface area contributed by atoms with Crippen molar-refractivity contribution in [2.45, 2.75) is 79.1 Å². The molecule has 142 valence electrons. The molecule has 0 bridgehead atoms. The van der Waals surface area contributed by atoms with E-state index in [4.69, 9.17) is 0 Å². The first-order chi connectivity index (χ1) is 12.3. The van der Waals surface area contributed by atoms with Gasteiger partial charge >= 0.3 is 0 Å². The van der Waals surface area contributed by atoms with Crippen molar-refractivity contribution in [1.29, 1.82) is 0 Å². The summed E-state index contributed by atoms with van der Waals surface area (Å²) in [4.78, 5) is 25.5. The minimum Gasteiger partial charge on any atom is -0.299 e. The van der Waals surface area contributed by atoms with Gasteiger partial charge in [-0.05, 0) is 72.3 Å². The molecule has 0 aromatic carbocycles. The van der Waals surface area contributed by atoms with Crippen LogP contribution >= 0.6 is 0 Å². The Morgan fingerprint density at radius 3 is 2.46 bits per heavy atom. The maximum atomic E-state index is 12.8. The van der Waals surface area contributed by atoms with E-state index in [1.807, 2.05) is 0 Å². The summed E-state index contributed by atoms with van der Waals surface area (Å²) >= 11 is 0. The third-order valence-electron chi connectivity index (χ3n) is 9.06. The predicted molar refractivity (Wildman–Crippen MR) is 105 cm³/mol. The average Bonchev–Trinajstić information content (AvgIpc) is 2.91. The zero-order valence-corrected chi connectivity index (χ0v) is 17.0. The molecule has 26 heavy (non-hydrogen) atoms. The molecular formula is C24H34O2. The number of carbonyl (C=O) groups excluding carboxylic acids is 2. The van der Waals surface area contributed by atoms with E-state index in [1.165, 1.54) is 11.1 Å². The van der Waals surface area contributed by atoms with Gasteiger partial charge in [0.05, 0.1) is 0 Å². The van der Waals surface area contributed by atoms with Gasteiger partial charge in [-0.25, -0.2) is 0 Å². The van der Waals surface area contributed by atoms with E-state index in [0.717, 1.165) is 50.5 Å². The van der Waals surface area contributed by atoms with Gasteiger partial charge in [-0.15, -0.1) is 0 Å². The lowest BCUT2D eigenvalue weighted by atomic mass is 9.43. The number of fused-ring (bicyclic) bond motifs is 5. The SMILES string of the molecule is C=C1C[C@@H]2[C@@H](CC[C@]3(C)C(=O)CC[C@@H]23)[C@]2(C)C1=C(CC)C(=O)CC2CC. The highest BCUT2D eigenvalue weighted by molar-refractivity contribution is 5.98. The maximum Gasteiger partial charge on any atom is 0.159 e. The van der Waals surface area contributed by atoms with E-state index >= 15 is 0 Å². The number of ketones is 2. The molecule has 4 aliphatic rings. The standard InChI is InChI=1S/C24H34O2/c1-6-15-13-20(25)16(7-2)22-14(3)12-17-18-8-9-21(26)23(18,4)11-10-19(17)24(15,22)5/h15,17-19H,3,6-13H2,1-2,4-5H3/t15?,17-,18-,19+,23-,24+/m0/s1. The van der Waals surface area contributed by atoms with Gasteiger partial charge in [-0.2, -0.15) is 0 Å². The fraction of sp³-hybridized carbons (Fsp3) is 0.750. The highest BCUT2D eigenvalue weighted by Crippen LogP contribution is 2.67. The molecule has 0 aromatic rings. The van der Waals surface area contributed by atoms with Gasteiger partial charge in [0.25, 0.3) is 0 Å². The Morgan fingerprint density at radius 2 is 1.81 bits per heavy atom. The van der Waals surface area contributed by atoms with Gasteiger partial charge in [-0.3, -0.25) is 9.59 Å². The lowest BCUT2D eigenvalue weighted by Crippen LogP contribution is -2.54. The smallest absolute Gasteiger partial charge is 0.159 e. The Balaban J connectivity index is 1.85. The molecule has 0 saturated heterocycles. The number of allylic oxidation sites excluding steroid dienone is 2. The quantitative estimate of drug-likeness (QED) is 0.640. The first-order valence-corrected chi connectivity index (χ1v) is 10.8. The minimum absolute atomic E-state index is 0.0704. The highest BCUT2D eigenvalue weighted by Gasteiger charge is 2.61. The summed E-state index contributed by atoms with van der Waals surface area (Å²) < 4.78 is 0. The second-order valence-corrected chi connectivity index (χ2v) is 9.82. The maximum absolute atomic E-state index is 12.8. The Hall–Kier alpha value is -1.18. The van der Waals surface area contributed by atoms with Crippen LogP contribution < -0.4 is 0 Å². The molecule has 0 spiro atoms. The predicted octanol–water partition coefficient (Wildman–Crippen LogP) is 5.67. The van der Waals surface area contributed by atoms with Crippen molar-refractivity contribution in [3.8, 4) is 0 Å². The van der Waals surface area contributed by atoms with Crippen LogP contribution in [0.3, 0.4) is 0 Å². The van der Waals surface area contributed by atoms with Crippen LogP contribution in [0.1, 0.15) is 79.1 Å². The summed E-state index contributed by atoms with van der Waals surface area (Å²) in [5, 5.41) is 0. The third kappa shape index (κ3) is 2.11. The van der Waals surface area contributed by atoms with Crippen LogP contribution in [0.5, 0.6) is 0 Å². The molecule has 0 aromatic heterocycles. The molecule has 2 nitrogen and oxygen atoms in total. The zero-order chi connectivity index (χ0) is 18.9. The molecule has 0 amide bonds. The molecule has 4 rings (SSSR count). The van der Waals surface area contributed by atoms with E-state index in [9.17, 15) is 9.59 Å². The van der Waals surface area contributed by atoms with Crippen LogP contribution in [0.25, 0.3) is 0 Å². The van der Waals surface area contributed by atoms with Gasteiger partial charge in [0.2, 0.25) is 0 Å². The Labute approximate surface area is 158 Å². The molecule has 1 unspecified atom stereocenters. The molecule has 0 radical (unpaired) electrons. The average molecular weight is 355 g/mol. The molecule has 0 aliphatic heterocycles. The summed E-state index contributed by atoms with van der Waals surface area (Å²) in [6.07, 6.45) is 7.60. The van der Waals surface area contributed by atoms with Crippen LogP contribution in [0, 0.1) is 34.5 Å². The first kappa shape index (κ1) is 18.2. The Bertz CT molecular complexity index is 714. The summed E-state index contributed by atoms with van der Waals surface area (Å²) in [5.41, 5.74) is 3.58. The van der Waals surface area contributed by atoms with E-state index in [-0.39, 0.29) is 10.8 Å². The molecule has 6 atom stereocenters. The van der Waals surface area contributed by atoms with Crippen molar-refractivity contribution in [3.63, 3.8) is 0 Å². The second kappa shape index (κ2) is 5.91. The van der Waals surface area contributed by atoms with E-state index in [2.05, 4.69) is 34.3 Å². The molecule has 0 N–H and O–H groups in total. The second-order valence-electron chi connectivity index (χ2n) is 9.82. The summed E-state index contributed by atoms with van der Waals surface area (Å²) in [7, 11) is 0. The van der Waals surface area contributed by atoms with Crippen LogP contribution in [0.2, 0.25) is 0 Å². The summed E-state index contributed by atoms with van der Waals surface area (Å²) in [6.45, 7) is 13.5. The van der Waals surface area contributed by atoms with Crippen molar-refractivity contribution in [2.75, 3.05) is 0 Å². The topological polar surface area (TPSA) is 34.1 Å². The van der Waals surface area contributed by atoms with Gasteiger partial charge in [0.15, 0.2) is 5.78 Å². The minimum atomic E-state index is -0.0984. The largest absolute Gasteiger partial charge is 0.299 e. The van der Waals surface area contributed by atoms with E-state index in [0.29, 0.717) is 41.7 Å². The molecular weight excluding hydrogens is 320 g/mol. The lowest BCUT2D eigenvalue weighted by molar-refractivity contribution is -0.133. The molecule has 4 aliphatic carbocycles. The Morgan fingerprint density at radius 1 is 1.08 bits per heavy atom. The number of hydrogen-bond donors (Lipinski definition) is 0. The van der Waals surface area contributed by atoms with Crippen molar-refractivity contribution >= 4 is 11.6 Å². The fourth-order valence-electron chi connectivity index (χ4n) is 7.73. The molecule has 2 heteroatoms. The van der Waals surface area contributed by atoms with Gasteiger partial charge in [0.1, 0.15) is 5.78 Å². The molecule has 3 fully saturated rings. The normalized spacial score (nSPS) is 45.5. The number of hydrogen-bond acceptors (Lipinski definition) is 2. The van der Waals surface area contributed by atoms with Crippen molar-refractivity contribution < 1.29 is 9.59 Å². The fourth-order valence-corrected chi connectivity index (χ4v) is 7.73. The van der Waals surface area contributed by atoms with Crippen molar-refractivity contribution in [1.82, 2.24) is 0 Å². The van der Waals surface area contributed by atoms with E-state index < -0.39 is 0 Å². The lowest BCUT2D eigenvalue weighted by Gasteiger charge is -2.60. The first-order valence-electron chi connectivity index (χ1n) is 10.8. The van der Waals surface area contributed by atoms with Crippen LogP contribution in [0.4, 0.5) is 0 Å². The van der Waals surface area contributed by atoms with E-state index in [1.54, 1.807) is 0 Å². The van der Waals surface area contributed by atoms with Crippen LogP contribution in [-0.4, -0.2) is 11.6 Å². The zero-order valence-electron chi connectivity index (χ0n) is 17.0.